The molecular weight excluding hydrogens is 415 g/mol. The van der Waals surface area contributed by atoms with Gasteiger partial charge in [0, 0.05) is 52.5 Å². The first-order valence-corrected chi connectivity index (χ1v) is 8.41. The van der Waals surface area contributed by atoms with Crippen molar-refractivity contribution in [2.45, 2.75) is 20.4 Å². The highest BCUT2D eigenvalue weighted by molar-refractivity contribution is 14.0. The van der Waals surface area contributed by atoms with Crippen LogP contribution < -0.4 is 15.5 Å². The molecule has 1 aliphatic rings. The Bertz CT molecular complexity index is 512. The van der Waals surface area contributed by atoms with Crippen LogP contribution in [-0.4, -0.2) is 62.7 Å². The lowest BCUT2D eigenvalue weighted by Gasteiger charge is -2.33. The van der Waals surface area contributed by atoms with Crippen LogP contribution >= 0.6 is 24.0 Å². The van der Waals surface area contributed by atoms with Crippen LogP contribution in [0.3, 0.4) is 0 Å². The molecule has 2 N–H and O–H groups in total. The van der Waals surface area contributed by atoms with E-state index in [0.29, 0.717) is 5.92 Å². The molecule has 1 aromatic rings. The summed E-state index contributed by atoms with van der Waals surface area (Å²) in [5, 5.41) is 6.69. The molecule has 0 atom stereocenters. The van der Waals surface area contributed by atoms with E-state index in [9.17, 15) is 0 Å². The number of likely N-dealkylation sites (N-methyl/N-ethyl adjacent to an activating group) is 1. The SMILES string of the molecule is CN=C(NCc1ccnc(N2CCN(C)CC2)c1)NCC(C)C.I. The number of pyridine rings is 1. The number of halogens is 1. The predicted molar refractivity (Wildman–Crippen MR) is 112 cm³/mol. The van der Waals surface area contributed by atoms with Gasteiger partial charge in [0.2, 0.25) is 0 Å². The third-order valence-electron chi connectivity index (χ3n) is 4.00. The van der Waals surface area contributed by atoms with Crippen molar-refractivity contribution in [1.29, 1.82) is 0 Å². The summed E-state index contributed by atoms with van der Waals surface area (Å²) in [6.07, 6.45) is 1.90. The van der Waals surface area contributed by atoms with Crippen molar-refractivity contribution in [3.8, 4) is 0 Å². The van der Waals surface area contributed by atoms with Crippen LogP contribution in [0.2, 0.25) is 0 Å². The maximum atomic E-state index is 4.53. The molecule has 0 aliphatic carbocycles. The number of rotatable bonds is 5. The molecule has 24 heavy (non-hydrogen) atoms. The second-order valence-electron chi connectivity index (χ2n) is 6.51. The average Bonchev–Trinajstić information content (AvgIpc) is 2.56. The quantitative estimate of drug-likeness (QED) is 0.410. The lowest BCUT2D eigenvalue weighted by atomic mass is 10.2. The molecule has 0 amide bonds. The molecule has 1 aromatic heterocycles. The Morgan fingerprint density at radius 2 is 1.96 bits per heavy atom. The van der Waals surface area contributed by atoms with E-state index in [1.807, 2.05) is 6.20 Å². The highest BCUT2D eigenvalue weighted by Gasteiger charge is 2.15. The zero-order valence-corrected chi connectivity index (χ0v) is 17.6. The molecular formula is C17H31IN6. The van der Waals surface area contributed by atoms with Crippen LogP contribution in [-0.2, 0) is 6.54 Å². The fourth-order valence-electron chi connectivity index (χ4n) is 2.49. The Morgan fingerprint density at radius 3 is 2.58 bits per heavy atom. The normalized spacial score (nSPS) is 16.0. The second-order valence-corrected chi connectivity index (χ2v) is 6.51. The molecule has 0 unspecified atom stereocenters. The minimum Gasteiger partial charge on any atom is -0.356 e. The molecule has 2 rings (SSSR count). The molecule has 1 saturated heterocycles. The number of piperazine rings is 1. The maximum Gasteiger partial charge on any atom is 0.191 e. The fraction of sp³-hybridized carbons (Fsp3) is 0.647. The average molecular weight is 446 g/mol. The van der Waals surface area contributed by atoms with Gasteiger partial charge in [-0.1, -0.05) is 13.8 Å². The first kappa shape index (κ1) is 21.0. The first-order valence-electron chi connectivity index (χ1n) is 8.41. The first-order chi connectivity index (χ1) is 11.1. The summed E-state index contributed by atoms with van der Waals surface area (Å²) < 4.78 is 0. The van der Waals surface area contributed by atoms with Crippen LogP contribution in [0.5, 0.6) is 0 Å². The molecule has 0 aromatic carbocycles. The van der Waals surface area contributed by atoms with Crippen LogP contribution in [0.1, 0.15) is 19.4 Å². The van der Waals surface area contributed by atoms with E-state index >= 15 is 0 Å². The highest BCUT2D eigenvalue weighted by Crippen LogP contribution is 2.14. The topological polar surface area (TPSA) is 55.8 Å². The molecule has 0 radical (unpaired) electrons. The number of nitrogens with one attached hydrogen (secondary N) is 2. The van der Waals surface area contributed by atoms with Gasteiger partial charge in [0.15, 0.2) is 5.96 Å². The Morgan fingerprint density at radius 1 is 1.25 bits per heavy atom. The third-order valence-corrected chi connectivity index (χ3v) is 4.00. The van der Waals surface area contributed by atoms with Gasteiger partial charge in [-0.3, -0.25) is 4.99 Å². The zero-order chi connectivity index (χ0) is 16.7. The van der Waals surface area contributed by atoms with E-state index in [2.05, 4.69) is 63.4 Å². The molecule has 0 bridgehead atoms. The number of guanidine groups is 1. The molecule has 0 saturated carbocycles. The number of anilines is 1. The molecule has 1 aliphatic heterocycles. The van der Waals surface area contributed by atoms with Crippen LogP contribution in [0, 0.1) is 5.92 Å². The van der Waals surface area contributed by atoms with Crippen LogP contribution in [0.4, 0.5) is 5.82 Å². The van der Waals surface area contributed by atoms with E-state index in [-0.39, 0.29) is 24.0 Å². The minimum absolute atomic E-state index is 0. The second kappa shape index (κ2) is 10.7. The highest BCUT2D eigenvalue weighted by atomic mass is 127. The van der Waals surface area contributed by atoms with Crippen LogP contribution in [0.15, 0.2) is 23.3 Å². The van der Waals surface area contributed by atoms with Crippen molar-refractivity contribution < 1.29 is 0 Å². The Kier molecular flexibility index (Phi) is 9.35. The lowest BCUT2D eigenvalue weighted by molar-refractivity contribution is 0.312. The number of aromatic nitrogens is 1. The summed E-state index contributed by atoms with van der Waals surface area (Å²) in [5.74, 6) is 2.51. The summed E-state index contributed by atoms with van der Waals surface area (Å²) in [5.41, 5.74) is 1.22. The van der Waals surface area contributed by atoms with E-state index in [1.54, 1.807) is 7.05 Å². The van der Waals surface area contributed by atoms with Crippen molar-refractivity contribution in [3.63, 3.8) is 0 Å². The summed E-state index contributed by atoms with van der Waals surface area (Å²) in [4.78, 5) is 13.5. The Labute approximate surface area is 163 Å². The largest absolute Gasteiger partial charge is 0.356 e. The predicted octanol–water partition coefficient (Wildman–Crippen LogP) is 1.77. The summed E-state index contributed by atoms with van der Waals surface area (Å²) in [6, 6.07) is 4.23. The van der Waals surface area contributed by atoms with Crippen molar-refractivity contribution in [2.75, 3.05) is 51.7 Å². The fourth-order valence-corrected chi connectivity index (χ4v) is 2.49. The number of aliphatic imine (C=N–C) groups is 1. The number of nitrogens with zero attached hydrogens (tertiary/aromatic N) is 4. The summed E-state index contributed by atoms with van der Waals surface area (Å²) in [6.45, 7) is 10.3. The minimum atomic E-state index is 0. The van der Waals surface area contributed by atoms with Gasteiger partial charge < -0.3 is 20.4 Å². The van der Waals surface area contributed by atoms with Crippen molar-refractivity contribution in [2.24, 2.45) is 10.9 Å². The van der Waals surface area contributed by atoms with Crippen molar-refractivity contribution in [1.82, 2.24) is 20.5 Å². The van der Waals surface area contributed by atoms with Crippen molar-refractivity contribution in [3.05, 3.63) is 23.9 Å². The van der Waals surface area contributed by atoms with Gasteiger partial charge in [0.05, 0.1) is 0 Å². The molecule has 7 heteroatoms. The van der Waals surface area contributed by atoms with Gasteiger partial charge in [0.1, 0.15) is 5.82 Å². The van der Waals surface area contributed by atoms with Gasteiger partial charge in [-0.05, 0) is 30.7 Å². The van der Waals surface area contributed by atoms with E-state index in [4.69, 9.17) is 0 Å². The zero-order valence-electron chi connectivity index (χ0n) is 15.2. The molecule has 2 heterocycles. The summed E-state index contributed by atoms with van der Waals surface area (Å²) >= 11 is 0. The smallest absolute Gasteiger partial charge is 0.191 e. The molecule has 136 valence electrons. The molecule has 6 nitrogen and oxygen atoms in total. The molecule has 1 fully saturated rings. The van der Waals surface area contributed by atoms with Crippen LogP contribution in [0.25, 0.3) is 0 Å². The summed E-state index contributed by atoms with van der Waals surface area (Å²) in [7, 11) is 3.97. The van der Waals surface area contributed by atoms with Gasteiger partial charge in [0.25, 0.3) is 0 Å². The Balaban J connectivity index is 0.00000288. The van der Waals surface area contributed by atoms with E-state index < -0.39 is 0 Å². The van der Waals surface area contributed by atoms with Gasteiger partial charge in [-0.2, -0.15) is 0 Å². The van der Waals surface area contributed by atoms with E-state index in [1.165, 1.54) is 5.56 Å². The molecule has 0 spiro atoms. The Hall–Kier alpha value is -1.09. The van der Waals surface area contributed by atoms with Gasteiger partial charge in [-0.25, -0.2) is 4.98 Å². The maximum absolute atomic E-state index is 4.53. The lowest BCUT2D eigenvalue weighted by Crippen LogP contribution is -2.44. The van der Waals surface area contributed by atoms with Crippen molar-refractivity contribution >= 4 is 35.8 Å². The van der Waals surface area contributed by atoms with Gasteiger partial charge >= 0.3 is 0 Å². The number of hydrogen-bond acceptors (Lipinski definition) is 4. The number of hydrogen-bond donors (Lipinski definition) is 2. The van der Waals surface area contributed by atoms with E-state index in [0.717, 1.165) is 51.0 Å². The monoisotopic (exact) mass is 446 g/mol. The van der Waals surface area contributed by atoms with Gasteiger partial charge in [-0.15, -0.1) is 24.0 Å². The third kappa shape index (κ3) is 6.80. The standard InChI is InChI=1S/C17H30N6.HI/c1-14(2)12-20-17(18-3)21-13-15-5-6-19-16(11-15)23-9-7-22(4)8-10-23;/h5-6,11,14H,7-10,12-13H2,1-4H3,(H2,18,20,21);1H.